The molecule has 3 heterocycles. The number of aromatic nitrogens is 2. The Labute approximate surface area is 137 Å². The van der Waals surface area contributed by atoms with Crippen LogP contribution in [0.3, 0.4) is 0 Å². The van der Waals surface area contributed by atoms with Gasteiger partial charge < -0.3 is 15.1 Å². The summed E-state index contributed by atoms with van der Waals surface area (Å²) in [6, 6.07) is 3.78. The molecule has 2 aromatic rings. The third-order valence-electron chi connectivity index (χ3n) is 3.61. The van der Waals surface area contributed by atoms with Gasteiger partial charge in [-0.25, -0.2) is 4.79 Å². The topological polar surface area (TPSA) is 109 Å². The number of rotatable bonds is 7. The molecule has 1 aliphatic heterocycles. The molecule has 1 atom stereocenters. The molecular weight excluding hydrogens is 314 g/mol. The summed E-state index contributed by atoms with van der Waals surface area (Å²) in [6.45, 7) is 0.981. The third kappa shape index (κ3) is 3.62. The lowest BCUT2D eigenvalue weighted by Gasteiger charge is -2.11. The molecule has 3 rings (SSSR count). The zero-order valence-corrected chi connectivity index (χ0v) is 12.8. The molecule has 1 fully saturated rings. The number of urea groups is 1. The van der Waals surface area contributed by atoms with E-state index < -0.39 is 18.0 Å². The maximum atomic E-state index is 12.2. The van der Waals surface area contributed by atoms with Gasteiger partial charge in [0.2, 0.25) is 5.91 Å². The Hall–Kier alpha value is -3.10. The predicted octanol–water partition coefficient (Wildman–Crippen LogP) is 0.103. The van der Waals surface area contributed by atoms with Gasteiger partial charge in [-0.05, 0) is 18.2 Å². The highest BCUT2D eigenvalue weighted by Gasteiger charge is 2.39. The van der Waals surface area contributed by atoms with Crippen LogP contribution in [0.1, 0.15) is 12.2 Å². The summed E-state index contributed by atoms with van der Waals surface area (Å²) in [5, 5.41) is 9.24. The molecule has 2 N–H and O–H groups in total. The first-order chi connectivity index (χ1) is 11.6. The smallest absolute Gasteiger partial charge is 0.325 e. The molecule has 1 aliphatic rings. The summed E-state index contributed by atoms with van der Waals surface area (Å²) in [7, 11) is 0. The molecule has 24 heavy (non-hydrogen) atoms. The Kier molecular flexibility index (Phi) is 4.59. The van der Waals surface area contributed by atoms with E-state index in [4.69, 9.17) is 4.42 Å². The molecule has 126 valence electrons. The monoisotopic (exact) mass is 331 g/mol. The third-order valence-corrected chi connectivity index (χ3v) is 3.61. The number of furan rings is 1. The second kappa shape index (κ2) is 6.99. The van der Waals surface area contributed by atoms with E-state index in [-0.39, 0.29) is 18.9 Å². The summed E-state index contributed by atoms with van der Waals surface area (Å²) in [5.41, 5.74) is 0. The van der Waals surface area contributed by atoms with Crippen molar-refractivity contribution < 1.29 is 18.8 Å². The summed E-state index contributed by atoms with van der Waals surface area (Å²) in [6.07, 6.45) is 4.82. The maximum absolute atomic E-state index is 12.2. The number of nitrogens with zero attached hydrogens (tertiary/aromatic N) is 3. The minimum Gasteiger partial charge on any atom is -0.467 e. The van der Waals surface area contributed by atoms with E-state index in [9.17, 15) is 14.4 Å². The van der Waals surface area contributed by atoms with Gasteiger partial charge in [0.15, 0.2) is 0 Å². The number of imide groups is 1. The molecule has 0 saturated carbocycles. The average molecular weight is 331 g/mol. The number of amides is 4. The highest BCUT2D eigenvalue weighted by atomic mass is 16.3. The number of carbonyl (C=O) groups is 3. The van der Waals surface area contributed by atoms with Gasteiger partial charge in [-0.15, -0.1) is 0 Å². The van der Waals surface area contributed by atoms with Gasteiger partial charge in [-0.1, -0.05) is 0 Å². The van der Waals surface area contributed by atoms with E-state index >= 15 is 0 Å². The second-order valence-electron chi connectivity index (χ2n) is 5.33. The van der Waals surface area contributed by atoms with Gasteiger partial charge >= 0.3 is 6.03 Å². The molecule has 1 saturated heterocycles. The zero-order chi connectivity index (χ0) is 16.9. The minimum atomic E-state index is -0.850. The van der Waals surface area contributed by atoms with Gasteiger partial charge in [0.05, 0.1) is 25.8 Å². The summed E-state index contributed by atoms with van der Waals surface area (Å²) < 4.78 is 6.82. The Balaban J connectivity index is 1.47. The second-order valence-corrected chi connectivity index (χ2v) is 5.33. The molecule has 0 aliphatic carbocycles. The molecule has 4 amide bonds. The first-order valence-corrected chi connectivity index (χ1v) is 7.52. The lowest BCUT2D eigenvalue weighted by Crippen LogP contribution is -2.37. The van der Waals surface area contributed by atoms with Crippen LogP contribution in [0.25, 0.3) is 0 Å². The normalized spacial score (nSPS) is 17.2. The maximum Gasteiger partial charge on any atom is 0.325 e. The van der Waals surface area contributed by atoms with Crippen molar-refractivity contribution >= 4 is 17.8 Å². The van der Waals surface area contributed by atoms with Crippen LogP contribution in [-0.4, -0.2) is 45.1 Å². The van der Waals surface area contributed by atoms with Gasteiger partial charge in [-0.2, -0.15) is 5.10 Å². The molecular formula is C15H17N5O4. The number of hydrogen-bond donors (Lipinski definition) is 2. The number of hydrogen-bond acceptors (Lipinski definition) is 5. The van der Waals surface area contributed by atoms with Gasteiger partial charge in [0, 0.05) is 18.9 Å². The fourth-order valence-corrected chi connectivity index (χ4v) is 2.42. The van der Waals surface area contributed by atoms with E-state index in [1.807, 2.05) is 0 Å². The highest BCUT2D eigenvalue weighted by molar-refractivity contribution is 6.05. The number of nitrogens with one attached hydrogen (secondary N) is 2. The van der Waals surface area contributed by atoms with E-state index in [1.54, 1.807) is 35.3 Å². The van der Waals surface area contributed by atoms with Crippen LogP contribution >= 0.6 is 0 Å². The van der Waals surface area contributed by atoms with Crippen molar-refractivity contribution in [2.75, 3.05) is 6.54 Å². The quantitative estimate of drug-likeness (QED) is 0.700. The fourth-order valence-electron chi connectivity index (χ4n) is 2.42. The van der Waals surface area contributed by atoms with Crippen molar-refractivity contribution in [1.29, 1.82) is 0 Å². The minimum absolute atomic E-state index is 0.0507. The molecule has 0 radical (unpaired) electrons. The molecule has 2 aromatic heterocycles. The van der Waals surface area contributed by atoms with Crippen molar-refractivity contribution in [3.63, 3.8) is 0 Å². The van der Waals surface area contributed by atoms with Crippen LogP contribution in [0.5, 0.6) is 0 Å². The van der Waals surface area contributed by atoms with Crippen LogP contribution in [0, 0.1) is 0 Å². The van der Waals surface area contributed by atoms with E-state index in [0.29, 0.717) is 18.8 Å². The molecule has 9 heteroatoms. The number of carbonyl (C=O) groups excluding carboxylic acids is 3. The Morgan fingerprint density at radius 1 is 1.38 bits per heavy atom. The van der Waals surface area contributed by atoms with Gasteiger partial charge in [-0.3, -0.25) is 19.2 Å². The van der Waals surface area contributed by atoms with Crippen LogP contribution < -0.4 is 10.6 Å². The standard InChI is InChI=1S/C15H17N5O4/c21-13(16-5-7-19-6-2-4-17-19)9-12-14(22)20(15(23)18-12)10-11-3-1-8-24-11/h1-4,6,8,12H,5,7,9-10H2,(H,16,21)(H,18,23)/t12-/m0/s1. The van der Waals surface area contributed by atoms with Crippen LogP contribution in [0.15, 0.2) is 41.3 Å². The first-order valence-electron chi connectivity index (χ1n) is 7.52. The SMILES string of the molecule is O=C(C[C@@H]1NC(=O)N(Cc2ccco2)C1=O)NCCn1cccn1. The predicted molar refractivity (Wildman–Crippen MR) is 81.4 cm³/mol. The van der Waals surface area contributed by atoms with Gasteiger partial charge in [0.25, 0.3) is 5.91 Å². The molecule has 0 aromatic carbocycles. The molecule has 0 bridgehead atoms. The highest BCUT2D eigenvalue weighted by Crippen LogP contribution is 2.14. The van der Waals surface area contributed by atoms with Crippen molar-refractivity contribution in [2.45, 2.75) is 25.6 Å². The lowest BCUT2D eigenvalue weighted by molar-refractivity contribution is -0.131. The van der Waals surface area contributed by atoms with Crippen molar-refractivity contribution in [3.05, 3.63) is 42.6 Å². The largest absolute Gasteiger partial charge is 0.467 e. The van der Waals surface area contributed by atoms with Crippen molar-refractivity contribution in [3.8, 4) is 0 Å². The van der Waals surface area contributed by atoms with Crippen molar-refractivity contribution in [1.82, 2.24) is 25.3 Å². The fraction of sp³-hybridized carbons (Fsp3) is 0.333. The summed E-state index contributed by atoms with van der Waals surface area (Å²) in [5.74, 6) is -0.234. The van der Waals surface area contributed by atoms with Gasteiger partial charge in [0.1, 0.15) is 11.8 Å². The van der Waals surface area contributed by atoms with E-state index in [2.05, 4.69) is 15.7 Å². The van der Waals surface area contributed by atoms with Crippen LogP contribution in [-0.2, 0) is 22.7 Å². The Morgan fingerprint density at radius 3 is 2.96 bits per heavy atom. The average Bonchev–Trinajstić information content (AvgIpc) is 3.28. The lowest BCUT2D eigenvalue weighted by atomic mass is 10.2. The van der Waals surface area contributed by atoms with Crippen molar-refractivity contribution in [2.24, 2.45) is 0 Å². The first kappa shape index (κ1) is 15.8. The summed E-state index contributed by atoms with van der Waals surface area (Å²) in [4.78, 5) is 37.1. The molecule has 9 nitrogen and oxygen atoms in total. The van der Waals surface area contributed by atoms with Crippen LogP contribution in [0.4, 0.5) is 4.79 Å². The Morgan fingerprint density at radius 2 is 2.25 bits per heavy atom. The Bertz CT molecular complexity index is 710. The molecule has 0 spiro atoms. The summed E-state index contributed by atoms with van der Waals surface area (Å²) >= 11 is 0. The molecule has 0 unspecified atom stereocenters. The zero-order valence-electron chi connectivity index (χ0n) is 12.8. The van der Waals surface area contributed by atoms with Crippen LogP contribution in [0.2, 0.25) is 0 Å². The van der Waals surface area contributed by atoms with E-state index in [1.165, 1.54) is 6.26 Å². The van der Waals surface area contributed by atoms with E-state index in [0.717, 1.165) is 4.90 Å².